The van der Waals surface area contributed by atoms with Gasteiger partial charge in [-0.2, -0.15) is 0 Å². The summed E-state index contributed by atoms with van der Waals surface area (Å²) in [6.07, 6.45) is 0. The molecular formula is C13H16FN3O3S. The molecule has 6 nitrogen and oxygen atoms in total. The van der Waals surface area contributed by atoms with E-state index in [1.165, 1.54) is 6.07 Å². The number of rotatable bonds is 5. The van der Waals surface area contributed by atoms with Crippen molar-refractivity contribution >= 4 is 15.9 Å². The molecule has 4 N–H and O–H groups in total. The van der Waals surface area contributed by atoms with E-state index in [0.29, 0.717) is 12.1 Å². The molecule has 0 saturated carbocycles. The summed E-state index contributed by atoms with van der Waals surface area (Å²) < 4.78 is 39.7. The zero-order chi connectivity index (χ0) is 15.9. The van der Waals surface area contributed by atoms with Crippen molar-refractivity contribution in [2.24, 2.45) is 5.73 Å². The van der Waals surface area contributed by atoms with Gasteiger partial charge in [0.15, 0.2) is 0 Å². The van der Waals surface area contributed by atoms with Crippen LogP contribution in [0.25, 0.3) is 0 Å². The number of likely N-dealkylation sites (N-methyl/N-ethyl adjacent to an activating group) is 1. The van der Waals surface area contributed by atoms with Crippen molar-refractivity contribution in [2.75, 3.05) is 19.6 Å². The first-order chi connectivity index (χ1) is 9.90. The lowest BCUT2D eigenvalue weighted by atomic mass is 10.2. The van der Waals surface area contributed by atoms with Crippen LogP contribution in [0.3, 0.4) is 0 Å². The third-order valence-corrected chi connectivity index (χ3v) is 3.79. The zero-order valence-electron chi connectivity index (χ0n) is 11.4. The minimum absolute atomic E-state index is 0.121. The Morgan fingerprint density at radius 1 is 1.43 bits per heavy atom. The molecule has 0 aromatic heterocycles. The summed E-state index contributed by atoms with van der Waals surface area (Å²) >= 11 is 0. The summed E-state index contributed by atoms with van der Waals surface area (Å²) in [7, 11) is -4.10. The van der Waals surface area contributed by atoms with Gasteiger partial charge in [-0.15, -0.1) is 0 Å². The second kappa shape index (κ2) is 7.73. The topological polar surface area (TPSA) is 101 Å². The number of hydrogen-bond acceptors (Lipinski definition) is 4. The summed E-state index contributed by atoms with van der Waals surface area (Å²) in [5, 5.41) is 2.43. The van der Waals surface area contributed by atoms with Gasteiger partial charge in [0.2, 0.25) is 15.9 Å². The summed E-state index contributed by atoms with van der Waals surface area (Å²) in [5.41, 5.74) is 5.51. The molecule has 0 aliphatic carbocycles. The molecule has 114 valence electrons. The predicted octanol–water partition coefficient (Wildman–Crippen LogP) is -0.450. The molecule has 0 aliphatic heterocycles. The van der Waals surface area contributed by atoms with Crippen LogP contribution in [-0.4, -0.2) is 34.0 Å². The van der Waals surface area contributed by atoms with Crippen LogP contribution < -0.4 is 15.8 Å². The number of nitrogens with one attached hydrogen (secondary N) is 2. The molecular weight excluding hydrogens is 297 g/mol. The molecule has 1 rings (SSSR count). The zero-order valence-corrected chi connectivity index (χ0v) is 12.3. The van der Waals surface area contributed by atoms with Gasteiger partial charge in [0, 0.05) is 12.1 Å². The van der Waals surface area contributed by atoms with E-state index >= 15 is 0 Å². The number of carbonyl (C=O) groups excluding carboxylic acids is 1. The van der Waals surface area contributed by atoms with Crippen LogP contribution in [0.2, 0.25) is 0 Å². The molecule has 0 spiro atoms. The van der Waals surface area contributed by atoms with Gasteiger partial charge in [-0.1, -0.05) is 11.8 Å². The Bertz CT molecular complexity index is 678. The number of amides is 1. The van der Waals surface area contributed by atoms with E-state index in [9.17, 15) is 17.6 Å². The number of nitrogens with two attached hydrogens (primary N) is 1. The fourth-order valence-corrected chi connectivity index (χ4v) is 2.49. The Labute approximate surface area is 123 Å². The maximum absolute atomic E-state index is 13.8. The molecule has 0 radical (unpaired) electrons. The fraction of sp³-hybridized carbons (Fsp3) is 0.308. The van der Waals surface area contributed by atoms with E-state index in [-0.39, 0.29) is 6.54 Å². The number of hydrogen-bond donors (Lipinski definition) is 3. The monoisotopic (exact) mass is 313 g/mol. The molecule has 0 heterocycles. The molecule has 0 atom stereocenters. The molecule has 0 unspecified atom stereocenters. The molecule has 1 aromatic carbocycles. The van der Waals surface area contributed by atoms with Gasteiger partial charge in [0.1, 0.15) is 10.7 Å². The van der Waals surface area contributed by atoms with Crippen LogP contribution in [0, 0.1) is 17.7 Å². The van der Waals surface area contributed by atoms with Crippen molar-refractivity contribution in [3.8, 4) is 11.8 Å². The molecule has 0 fully saturated rings. The number of halogens is 1. The van der Waals surface area contributed by atoms with Crippen molar-refractivity contribution < 1.29 is 17.6 Å². The van der Waals surface area contributed by atoms with Gasteiger partial charge in [-0.3, -0.25) is 4.79 Å². The van der Waals surface area contributed by atoms with Crippen LogP contribution in [0.5, 0.6) is 0 Å². The first-order valence-corrected chi connectivity index (χ1v) is 7.64. The third-order valence-electron chi connectivity index (χ3n) is 2.35. The highest BCUT2D eigenvalue weighted by atomic mass is 32.2. The lowest BCUT2D eigenvalue weighted by Crippen LogP contribution is -2.37. The molecule has 0 bridgehead atoms. The van der Waals surface area contributed by atoms with E-state index in [1.54, 1.807) is 6.92 Å². The number of benzene rings is 1. The predicted molar refractivity (Wildman–Crippen MR) is 76.2 cm³/mol. The second-order valence-corrected chi connectivity index (χ2v) is 5.66. The van der Waals surface area contributed by atoms with Crippen LogP contribution in [-0.2, 0) is 14.8 Å². The average molecular weight is 313 g/mol. The maximum atomic E-state index is 13.8. The summed E-state index contributed by atoms with van der Waals surface area (Å²) in [4.78, 5) is 10.7. The highest BCUT2D eigenvalue weighted by Crippen LogP contribution is 2.15. The molecule has 21 heavy (non-hydrogen) atoms. The Morgan fingerprint density at radius 3 is 2.71 bits per heavy atom. The fourth-order valence-electron chi connectivity index (χ4n) is 1.45. The Morgan fingerprint density at radius 2 is 2.14 bits per heavy atom. The van der Waals surface area contributed by atoms with Crippen molar-refractivity contribution in [3.63, 3.8) is 0 Å². The molecule has 1 aromatic rings. The van der Waals surface area contributed by atoms with Gasteiger partial charge in [0.05, 0.1) is 13.1 Å². The van der Waals surface area contributed by atoms with Gasteiger partial charge in [-0.25, -0.2) is 17.5 Å². The summed E-state index contributed by atoms with van der Waals surface area (Å²) in [6.45, 7) is 1.75. The minimum Gasteiger partial charge on any atom is -0.355 e. The second-order valence-electron chi connectivity index (χ2n) is 3.93. The Balaban J connectivity index is 2.91. The largest absolute Gasteiger partial charge is 0.355 e. The highest BCUT2D eigenvalue weighted by molar-refractivity contribution is 7.89. The van der Waals surface area contributed by atoms with Crippen molar-refractivity contribution in [2.45, 2.75) is 11.8 Å². The first kappa shape index (κ1) is 17.1. The van der Waals surface area contributed by atoms with Crippen molar-refractivity contribution in [1.82, 2.24) is 10.0 Å². The number of sulfonamides is 1. The maximum Gasteiger partial charge on any atom is 0.243 e. The molecule has 0 saturated heterocycles. The molecule has 1 amide bonds. The Hall–Kier alpha value is -1.95. The number of carbonyl (C=O) groups is 1. The van der Waals surface area contributed by atoms with Gasteiger partial charge < -0.3 is 11.1 Å². The SMILES string of the molecule is CCNC(=O)CNS(=O)(=O)c1ccc(C#CCN)cc1F. The molecule has 0 aliphatic rings. The van der Waals surface area contributed by atoms with E-state index in [1.807, 2.05) is 4.72 Å². The minimum atomic E-state index is -4.10. The summed E-state index contributed by atoms with van der Waals surface area (Å²) in [6, 6.07) is 3.46. The summed E-state index contributed by atoms with van der Waals surface area (Å²) in [5.74, 6) is 3.70. The van der Waals surface area contributed by atoms with Crippen molar-refractivity contribution in [3.05, 3.63) is 29.6 Å². The standard InChI is InChI=1S/C13H16FN3O3S/c1-2-16-13(18)9-17-21(19,20)12-6-5-10(4-3-7-15)8-11(12)14/h5-6,8,17H,2,7,9,15H2,1H3,(H,16,18). The van der Waals surface area contributed by atoms with Gasteiger partial charge >= 0.3 is 0 Å². The average Bonchev–Trinajstić information content (AvgIpc) is 2.43. The lowest BCUT2D eigenvalue weighted by molar-refractivity contribution is -0.119. The van der Waals surface area contributed by atoms with Crippen LogP contribution in [0.4, 0.5) is 4.39 Å². The van der Waals surface area contributed by atoms with Crippen molar-refractivity contribution in [1.29, 1.82) is 0 Å². The van der Waals surface area contributed by atoms with E-state index in [0.717, 1.165) is 12.1 Å². The lowest BCUT2D eigenvalue weighted by Gasteiger charge is -2.08. The van der Waals surface area contributed by atoms with E-state index < -0.39 is 33.2 Å². The van der Waals surface area contributed by atoms with Crippen LogP contribution in [0.15, 0.2) is 23.1 Å². The van der Waals surface area contributed by atoms with Gasteiger partial charge in [-0.05, 0) is 25.1 Å². The molecule has 8 heteroatoms. The van der Waals surface area contributed by atoms with Crippen LogP contribution in [0.1, 0.15) is 12.5 Å². The van der Waals surface area contributed by atoms with E-state index in [4.69, 9.17) is 5.73 Å². The smallest absolute Gasteiger partial charge is 0.243 e. The quantitative estimate of drug-likeness (QED) is 0.641. The Kier molecular flexibility index (Phi) is 6.30. The highest BCUT2D eigenvalue weighted by Gasteiger charge is 2.19. The third kappa shape index (κ3) is 5.15. The van der Waals surface area contributed by atoms with Gasteiger partial charge in [0.25, 0.3) is 0 Å². The first-order valence-electron chi connectivity index (χ1n) is 6.15. The van der Waals surface area contributed by atoms with Crippen LogP contribution >= 0.6 is 0 Å². The van der Waals surface area contributed by atoms with E-state index in [2.05, 4.69) is 17.2 Å². The normalized spacial score (nSPS) is 10.6.